The zero-order chi connectivity index (χ0) is 12.4. The molecule has 0 saturated heterocycles. The van der Waals surface area contributed by atoms with E-state index in [4.69, 9.17) is 0 Å². The lowest BCUT2D eigenvalue weighted by atomic mass is 9.94. The van der Waals surface area contributed by atoms with E-state index in [-0.39, 0.29) is 5.78 Å². The van der Waals surface area contributed by atoms with Crippen molar-refractivity contribution in [2.75, 3.05) is 0 Å². The minimum absolute atomic E-state index is 0.244. The van der Waals surface area contributed by atoms with Crippen molar-refractivity contribution in [2.45, 2.75) is 39.0 Å². The monoisotopic (exact) mass is 296 g/mol. The van der Waals surface area contributed by atoms with E-state index >= 15 is 0 Å². The first kappa shape index (κ1) is 12.6. The van der Waals surface area contributed by atoms with Crippen LogP contribution < -0.4 is 0 Å². The fourth-order valence-corrected chi connectivity index (χ4v) is 2.71. The van der Waals surface area contributed by atoms with Crippen LogP contribution in [0.3, 0.4) is 0 Å². The number of carbonyl (C=O) groups is 1. The average molecular weight is 297 g/mol. The molecule has 0 unspecified atom stereocenters. The third-order valence-corrected chi connectivity index (χ3v) is 4.27. The second-order valence-corrected chi connectivity index (χ2v) is 5.34. The summed E-state index contributed by atoms with van der Waals surface area (Å²) in [6.07, 6.45) is 6.89. The molecule has 1 heterocycles. The van der Waals surface area contributed by atoms with Gasteiger partial charge in [0.1, 0.15) is 0 Å². The van der Waals surface area contributed by atoms with E-state index in [1.54, 1.807) is 4.68 Å². The van der Waals surface area contributed by atoms with E-state index in [1.807, 2.05) is 14.0 Å². The van der Waals surface area contributed by atoms with Crippen LogP contribution in [0.2, 0.25) is 0 Å². The van der Waals surface area contributed by atoms with Crippen LogP contribution in [0.4, 0.5) is 0 Å². The SMILES string of the molecule is Cc1nn(C)c(CC(=O)C2=CCCCC2)c1Br. The van der Waals surface area contributed by atoms with Gasteiger partial charge in [0.2, 0.25) is 0 Å². The Balaban J connectivity index is 2.15. The summed E-state index contributed by atoms with van der Waals surface area (Å²) in [7, 11) is 1.88. The summed E-state index contributed by atoms with van der Waals surface area (Å²) in [4.78, 5) is 12.2. The number of hydrogen-bond donors (Lipinski definition) is 0. The first-order valence-electron chi connectivity index (χ1n) is 6.00. The molecule has 0 bridgehead atoms. The van der Waals surface area contributed by atoms with Crippen LogP contribution >= 0.6 is 15.9 Å². The van der Waals surface area contributed by atoms with E-state index < -0.39 is 0 Å². The van der Waals surface area contributed by atoms with Gasteiger partial charge in [-0.05, 0) is 54.1 Å². The van der Waals surface area contributed by atoms with Crippen molar-refractivity contribution < 1.29 is 4.79 Å². The lowest BCUT2D eigenvalue weighted by Crippen LogP contribution is -2.12. The van der Waals surface area contributed by atoms with Gasteiger partial charge in [-0.3, -0.25) is 9.48 Å². The molecule has 0 radical (unpaired) electrons. The first-order valence-corrected chi connectivity index (χ1v) is 6.79. The van der Waals surface area contributed by atoms with Crippen molar-refractivity contribution in [1.29, 1.82) is 0 Å². The highest BCUT2D eigenvalue weighted by Gasteiger charge is 2.18. The molecule has 0 N–H and O–H groups in total. The van der Waals surface area contributed by atoms with Crippen LogP contribution in [0.5, 0.6) is 0 Å². The number of rotatable bonds is 3. The molecule has 92 valence electrons. The maximum absolute atomic E-state index is 12.2. The summed E-state index contributed by atoms with van der Waals surface area (Å²) >= 11 is 3.50. The number of Topliss-reactive ketones (excluding diaryl/α,β-unsaturated/α-hetero) is 1. The van der Waals surface area contributed by atoms with Gasteiger partial charge in [0, 0.05) is 7.05 Å². The summed E-state index contributed by atoms with van der Waals surface area (Å²) in [5, 5.41) is 4.31. The molecule has 0 fully saturated rings. The number of ketones is 1. The van der Waals surface area contributed by atoms with Gasteiger partial charge in [-0.25, -0.2) is 0 Å². The number of nitrogens with zero attached hydrogens (tertiary/aromatic N) is 2. The van der Waals surface area contributed by atoms with Crippen LogP contribution in [-0.4, -0.2) is 15.6 Å². The number of carbonyl (C=O) groups excluding carboxylic acids is 1. The smallest absolute Gasteiger partial charge is 0.164 e. The zero-order valence-corrected chi connectivity index (χ0v) is 11.9. The number of halogens is 1. The van der Waals surface area contributed by atoms with Gasteiger partial charge in [0.25, 0.3) is 0 Å². The highest BCUT2D eigenvalue weighted by molar-refractivity contribution is 9.10. The van der Waals surface area contributed by atoms with Gasteiger partial charge in [-0.1, -0.05) is 6.08 Å². The molecule has 17 heavy (non-hydrogen) atoms. The summed E-state index contributed by atoms with van der Waals surface area (Å²) < 4.78 is 2.76. The summed E-state index contributed by atoms with van der Waals surface area (Å²) in [5.74, 6) is 0.244. The van der Waals surface area contributed by atoms with Gasteiger partial charge in [0.05, 0.1) is 22.3 Å². The standard InChI is InChI=1S/C13H17BrN2O/c1-9-13(14)11(16(2)15-9)8-12(17)10-6-4-3-5-7-10/h6H,3-5,7-8H2,1-2H3. The minimum atomic E-state index is 0.244. The number of aromatic nitrogens is 2. The van der Waals surface area contributed by atoms with E-state index in [9.17, 15) is 4.79 Å². The molecule has 1 aromatic rings. The van der Waals surface area contributed by atoms with Crippen molar-refractivity contribution >= 4 is 21.7 Å². The van der Waals surface area contributed by atoms with Crippen molar-refractivity contribution in [3.05, 3.63) is 27.5 Å². The number of aryl methyl sites for hydroxylation is 2. The molecule has 3 nitrogen and oxygen atoms in total. The van der Waals surface area contributed by atoms with Crippen molar-refractivity contribution in [3.63, 3.8) is 0 Å². The van der Waals surface area contributed by atoms with E-state index in [2.05, 4.69) is 27.1 Å². The first-order chi connectivity index (χ1) is 8.09. The predicted molar refractivity (Wildman–Crippen MR) is 70.9 cm³/mol. The van der Waals surface area contributed by atoms with Crippen LogP contribution in [0.25, 0.3) is 0 Å². The van der Waals surface area contributed by atoms with E-state index in [0.717, 1.165) is 40.7 Å². The number of hydrogen-bond acceptors (Lipinski definition) is 2. The molecule has 0 spiro atoms. The lowest BCUT2D eigenvalue weighted by Gasteiger charge is -2.11. The van der Waals surface area contributed by atoms with Crippen LogP contribution in [-0.2, 0) is 18.3 Å². The lowest BCUT2D eigenvalue weighted by molar-refractivity contribution is -0.115. The van der Waals surface area contributed by atoms with Crippen molar-refractivity contribution in [1.82, 2.24) is 9.78 Å². The maximum Gasteiger partial charge on any atom is 0.164 e. The molecule has 0 saturated carbocycles. The topological polar surface area (TPSA) is 34.9 Å². The molecule has 1 aliphatic carbocycles. The quantitative estimate of drug-likeness (QED) is 0.859. The summed E-state index contributed by atoms with van der Waals surface area (Å²) in [6, 6.07) is 0. The van der Waals surface area contributed by atoms with Crippen LogP contribution in [0, 0.1) is 6.92 Å². The molecular weight excluding hydrogens is 280 g/mol. The molecule has 0 aromatic carbocycles. The molecule has 0 aliphatic heterocycles. The normalized spacial score (nSPS) is 15.8. The van der Waals surface area contributed by atoms with Gasteiger partial charge in [-0.15, -0.1) is 0 Å². The Hall–Kier alpha value is -0.900. The Kier molecular flexibility index (Phi) is 3.82. The third-order valence-electron chi connectivity index (χ3n) is 3.24. The zero-order valence-electron chi connectivity index (χ0n) is 10.3. The Labute approximate surface area is 110 Å². The summed E-state index contributed by atoms with van der Waals surface area (Å²) in [5.41, 5.74) is 2.91. The molecular formula is C13H17BrN2O. The highest BCUT2D eigenvalue weighted by Crippen LogP contribution is 2.24. The van der Waals surface area contributed by atoms with Crippen LogP contribution in [0.15, 0.2) is 16.1 Å². The summed E-state index contributed by atoms with van der Waals surface area (Å²) in [6.45, 7) is 1.94. The second-order valence-electron chi connectivity index (χ2n) is 4.54. The largest absolute Gasteiger partial charge is 0.294 e. The van der Waals surface area contributed by atoms with Gasteiger partial charge in [0.15, 0.2) is 5.78 Å². The van der Waals surface area contributed by atoms with Crippen LogP contribution in [0.1, 0.15) is 37.1 Å². The molecule has 0 amide bonds. The molecule has 1 aliphatic rings. The van der Waals surface area contributed by atoms with Gasteiger partial charge >= 0.3 is 0 Å². The molecule has 2 rings (SSSR count). The Morgan fingerprint density at radius 2 is 2.29 bits per heavy atom. The highest BCUT2D eigenvalue weighted by atomic mass is 79.9. The molecule has 4 heteroatoms. The van der Waals surface area contributed by atoms with Gasteiger partial charge < -0.3 is 0 Å². The third kappa shape index (κ3) is 2.68. The van der Waals surface area contributed by atoms with E-state index in [1.165, 1.54) is 6.42 Å². The Morgan fingerprint density at radius 1 is 1.53 bits per heavy atom. The Bertz CT molecular complexity index is 474. The van der Waals surface area contributed by atoms with E-state index in [0.29, 0.717) is 6.42 Å². The second kappa shape index (κ2) is 5.17. The molecule has 0 atom stereocenters. The van der Waals surface area contributed by atoms with Crippen molar-refractivity contribution in [2.24, 2.45) is 7.05 Å². The fraction of sp³-hybridized carbons (Fsp3) is 0.538. The number of allylic oxidation sites excluding steroid dienone is 2. The maximum atomic E-state index is 12.2. The van der Waals surface area contributed by atoms with Crippen molar-refractivity contribution in [3.8, 4) is 0 Å². The van der Waals surface area contributed by atoms with Gasteiger partial charge in [-0.2, -0.15) is 5.10 Å². The predicted octanol–water partition coefficient (Wildman–Crippen LogP) is 3.10. The fourth-order valence-electron chi connectivity index (χ4n) is 2.23. The minimum Gasteiger partial charge on any atom is -0.294 e. The Morgan fingerprint density at radius 3 is 2.82 bits per heavy atom. The molecule has 1 aromatic heterocycles. The average Bonchev–Trinajstić information content (AvgIpc) is 2.57.